The highest BCUT2D eigenvalue weighted by Gasteiger charge is 2.27. The fourth-order valence-corrected chi connectivity index (χ4v) is 4.01. The molecule has 1 saturated heterocycles. The third-order valence-corrected chi connectivity index (χ3v) is 5.87. The van der Waals surface area contributed by atoms with Crippen molar-refractivity contribution in [2.24, 2.45) is 11.5 Å². The van der Waals surface area contributed by atoms with Gasteiger partial charge < -0.3 is 27.0 Å². The number of nitrogens with zero attached hydrogens (tertiary/aromatic N) is 3. The maximum atomic E-state index is 12.3. The molecule has 36 heavy (non-hydrogen) atoms. The summed E-state index contributed by atoms with van der Waals surface area (Å²) in [7, 11) is 0. The van der Waals surface area contributed by atoms with Crippen LogP contribution in [0.15, 0.2) is 66.8 Å². The molecular formula is C25H28F3N7O. The van der Waals surface area contributed by atoms with Gasteiger partial charge in [-0.1, -0.05) is 12.1 Å². The molecule has 4 rings (SSSR count). The normalized spacial score (nSPS) is 15.2. The third kappa shape index (κ3) is 6.29. The van der Waals surface area contributed by atoms with Gasteiger partial charge in [0, 0.05) is 41.8 Å². The van der Waals surface area contributed by atoms with E-state index in [-0.39, 0.29) is 0 Å². The van der Waals surface area contributed by atoms with Crippen LogP contribution in [-0.4, -0.2) is 46.1 Å². The van der Waals surface area contributed by atoms with Gasteiger partial charge in [0.1, 0.15) is 12.2 Å². The van der Waals surface area contributed by atoms with E-state index in [1.165, 1.54) is 6.42 Å². The molecule has 3 aromatic rings. The number of alkyl halides is 3. The Morgan fingerprint density at radius 3 is 2.61 bits per heavy atom. The Labute approximate surface area is 206 Å². The number of nitrogens with two attached hydrogens (primary N) is 2. The highest BCUT2D eigenvalue weighted by Crippen LogP contribution is 2.25. The number of rotatable bonds is 6. The number of hydrogen-bond donors (Lipinski definition) is 4. The van der Waals surface area contributed by atoms with Gasteiger partial charge in [0.05, 0.1) is 17.7 Å². The van der Waals surface area contributed by atoms with Gasteiger partial charge in [-0.05, 0) is 55.7 Å². The van der Waals surface area contributed by atoms with Gasteiger partial charge in [-0.2, -0.15) is 13.2 Å². The van der Waals surface area contributed by atoms with E-state index >= 15 is 0 Å². The monoisotopic (exact) mass is 499 g/mol. The summed E-state index contributed by atoms with van der Waals surface area (Å²) in [6.45, 7) is 0.494. The first kappa shape index (κ1) is 25.0. The van der Waals surface area contributed by atoms with Gasteiger partial charge in [-0.25, -0.2) is 9.78 Å². The molecule has 0 aliphatic carbocycles. The number of carbonyl (C=O) groups excluding carboxylic acids is 1. The Bertz CT molecular complexity index is 1290. The lowest BCUT2D eigenvalue weighted by atomic mass is 10.1. The molecule has 0 atom stereocenters. The van der Waals surface area contributed by atoms with E-state index < -0.39 is 18.8 Å². The van der Waals surface area contributed by atoms with Crippen LogP contribution < -0.4 is 22.1 Å². The van der Waals surface area contributed by atoms with Crippen molar-refractivity contribution in [3.05, 3.63) is 72.3 Å². The maximum absolute atomic E-state index is 12.3. The number of urea groups is 1. The molecule has 2 amide bonds. The molecule has 190 valence electrons. The number of anilines is 1. The number of aromatic nitrogens is 2. The first-order chi connectivity index (χ1) is 17.2. The fraction of sp³-hybridized carbons (Fsp3) is 0.280. The number of carbonyl (C=O) groups is 1. The Morgan fingerprint density at radius 1 is 1.08 bits per heavy atom. The quantitative estimate of drug-likeness (QED) is 0.378. The van der Waals surface area contributed by atoms with Crippen LogP contribution in [-0.2, 0) is 0 Å². The summed E-state index contributed by atoms with van der Waals surface area (Å²) in [5.41, 5.74) is 16.3. The molecule has 6 N–H and O–H groups in total. The Morgan fingerprint density at radius 2 is 1.86 bits per heavy atom. The minimum Gasteiger partial charge on any atom is -0.398 e. The zero-order valence-corrected chi connectivity index (χ0v) is 19.6. The number of imidazole rings is 1. The van der Waals surface area contributed by atoms with Gasteiger partial charge in [0.15, 0.2) is 0 Å². The predicted molar refractivity (Wildman–Crippen MR) is 134 cm³/mol. The van der Waals surface area contributed by atoms with Crippen molar-refractivity contribution >= 4 is 23.1 Å². The zero-order chi connectivity index (χ0) is 25.7. The number of fused-ring (bicyclic) bond motifs is 1. The largest absolute Gasteiger partial charge is 0.405 e. The lowest BCUT2D eigenvalue weighted by Crippen LogP contribution is -2.36. The molecule has 0 unspecified atom stereocenters. The lowest BCUT2D eigenvalue weighted by molar-refractivity contribution is -0.122. The fourth-order valence-electron chi connectivity index (χ4n) is 4.01. The molecule has 0 saturated carbocycles. The van der Waals surface area contributed by atoms with Crippen molar-refractivity contribution in [1.29, 1.82) is 0 Å². The number of likely N-dealkylation sites (tertiary alicyclic amines) is 1. The topological polar surface area (TPSA) is 114 Å². The average Bonchev–Trinajstić information content (AvgIpc) is 3.29. The molecular weight excluding hydrogens is 471 g/mol. The summed E-state index contributed by atoms with van der Waals surface area (Å²) in [5.74, 6) is 0.697. The zero-order valence-electron chi connectivity index (χ0n) is 19.6. The summed E-state index contributed by atoms with van der Waals surface area (Å²) in [6.07, 6.45) is 6.14. The van der Waals surface area contributed by atoms with E-state index in [0.29, 0.717) is 22.9 Å². The number of piperidine rings is 1. The Kier molecular flexibility index (Phi) is 7.37. The molecule has 0 spiro atoms. The van der Waals surface area contributed by atoms with Crippen LogP contribution in [0.25, 0.3) is 22.6 Å². The summed E-state index contributed by atoms with van der Waals surface area (Å²) in [4.78, 5) is 18.4. The first-order valence-electron chi connectivity index (χ1n) is 11.6. The molecule has 11 heteroatoms. The predicted octanol–water partition coefficient (Wildman–Crippen LogP) is 4.27. The number of allylic oxidation sites excluding steroid dienone is 2. The summed E-state index contributed by atoms with van der Waals surface area (Å²) in [5, 5.41) is 4.20. The third-order valence-electron chi connectivity index (χ3n) is 5.87. The van der Waals surface area contributed by atoms with Crippen molar-refractivity contribution in [3.63, 3.8) is 0 Å². The molecule has 8 nitrogen and oxygen atoms in total. The Hall–Kier alpha value is -4.15. The number of halogens is 3. The van der Waals surface area contributed by atoms with E-state index in [9.17, 15) is 18.0 Å². The van der Waals surface area contributed by atoms with Crippen molar-refractivity contribution in [1.82, 2.24) is 19.6 Å². The van der Waals surface area contributed by atoms with Crippen LogP contribution in [0.3, 0.4) is 0 Å². The highest BCUT2D eigenvalue weighted by atomic mass is 19.4. The van der Waals surface area contributed by atoms with Crippen LogP contribution in [0.1, 0.15) is 24.8 Å². The van der Waals surface area contributed by atoms with Crippen molar-refractivity contribution in [2.75, 3.05) is 25.0 Å². The summed E-state index contributed by atoms with van der Waals surface area (Å²) in [6, 6.07) is 9.54. The molecule has 0 bridgehead atoms. The van der Waals surface area contributed by atoms with Gasteiger partial charge in [0.25, 0.3) is 0 Å². The second-order valence-electron chi connectivity index (χ2n) is 8.55. The van der Waals surface area contributed by atoms with E-state index in [2.05, 4.69) is 15.2 Å². The maximum Gasteiger partial charge on any atom is 0.405 e. The van der Waals surface area contributed by atoms with E-state index in [4.69, 9.17) is 11.5 Å². The van der Waals surface area contributed by atoms with Gasteiger partial charge in [0.2, 0.25) is 0 Å². The second-order valence-corrected chi connectivity index (χ2v) is 8.55. The molecule has 1 aliphatic rings. The van der Waals surface area contributed by atoms with E-state index in [1.54, 1.807) is 35.8 Å². The molecule has 1 aliphatic heterocycles. The van der Waals surface area contributed by atoms with Gasteiger partial charge in [-0.3, -0.25) is 4.40 Å². The Balaban J connectivity index is 1.49. The van der Waals surface area contributed by atoms with Crippen LogP contribution in [0, 0.1) is 0 Å². The van der Waals surface area contributed by atoms with E-state index in [0.717, 1.165) is 42.8 Å². The van der Waals surface area contributed by atoms with Gasteiger partial charge >= 0.3 is 12.2 Å². The second kappa shape index (κ2) is 10.6. The lowest BCUT2D eigenvalue weighted by Gasteiger charge is -2.28. The molecule has 1 aromatic carbocycles. The number of amides is 2. The molecule has 2 aromatic heterocycles. The van der Waals surface area contributed by atoms with Crippen molar-refractivity contribution in [3.8, 4) is 11.3 Å². The van der Waals surface area contributed by atoms with Crippen LogP contribution in [0.5, 0.6) is 0 Å². The smallest absolute Gasteiger partial charge is 0.398 e. The van der Waals surface area contributed by atoms with E-state index in [1.807, 2.05) is 34.9 Å². The molecule has 1 fully saturated rings. The van der Waals surface area contributed by atoms with Crippen LogP contribution in [0.4, 0.5) is 23.7 Å². The summed E-state index contributed by atoms with van der Waals surface area (Å²) < 4.78 is 38.8. The van der Waals surface area contributed by atoms with Crippen molar-refractivity contribution in [2.45, 2.75) is 25.4 Å². The minimum absolute atomic E-state index is 0.351. The van der Waals surface area contributed by atoms with Crippen LogP contribution in [0.2, 0.25) is 0 Å². The molecule has 0 radical (unpaired) electrons. The standard InChI is InChI=1S/C25H28F3N7O/c26-25(27,28)16-32-24(36)33-19-6-4-5-18(13-19)21-15-31-23-14-17(9-12-35(21)23)20(29)7-8-22(30)34-10-2-1-3-11-34/h4-9,12-15H,1-3,10-11,16,29-30H2,(H2,32,33,36)/b20-7-,22-8+. The first-order valence-corrected chi connectivity index (χ1v) is 11.6. The number of nitrogens with one attached hydrogen (secondary N) is 2. The minimum atomic E-state index is -4.48. The highest BCUT2D eigenvalue weighted by molar-refractivity contribution is 5.90. The van der Waals surface area contributed by atoms with Crippen LogP contribution >= 0.6 is 0 Å². The number of pyridine rings is 1. The van der Waals surface area contributed by atoms with Crippen molar-refractivity contribution < 1.29 is 18.0 Å². The van der Waals surface area contributed by atoms with Gasteiger partial charge in [-0.15, -0.1) is 0 Å². The summed E-state index contributed by atoms with van der Waals surface area (Å²) >= 11 is 0. The SMILES string of the molecule is N/C(=C\C=C(/N)N1CCCCC1)c1ccn2c(-c3cccc(NC(=O)NCC(F)(F)F)c3)cnc2c1. The molecule has 3 heterocycles. The average molecular weight is 500 g/mol. The number of benzene rings is 1. The number of hydrogen-bond acceptors (Lipinski definition) is 5.